The SMILES string of the molecule is Cl.N=C(N)c1cncc(-c2cccc(-c3cncc(C(=N)N)c3)c2)c1. The lowest BCUT2D eigenvalue weighted by Gasteiger charge is -2.08. The van der Waals surface area contributed by atoms with E-state index in [2.05, 4.69) is 9.97 Å². The van der Waals surface area contributed by atoms with Gasteiger partial charge in [0.2, 0.25) is 0 Å². The van der Waals surface area contributed by atoms with Crippen LogP contribution < -0.4 is 11.5 Å². The Morgan fingerprint density at radius 3 is 1.52 bits per heavy atom. The summed E-state index contributed by atoms with van der Waals surface area (Å²) in [4.78, 5) is 8.29. The predicted octanol–water partition coefficient (Wildman–Crippen LogP) is 2.80. The highest BCUT2D eigenvalue weighted by molar-refractivity contribution is 5.96. The fourth-order valence-corrected chi connectivity index (χ4v) is 2.37. The number of aromatic nitrogens is 2. The van der Waals surface area contributed by atoms with Gasteiger partial charge in [0, 0.05) is 47.0 Å². The molecule has 0 atom stereocenters. The number of nitrogen functional groups attached to an aromatic ring is 2. The molecule has 0 fully saturated rings. The van der Waals surface area contributed by atoms with Gasteiger partial charge in [0.15, 0.2) is 0 Å². The third kappa shape index (κ3) is 3.99. The highest BCUT2D eigenvalue weighted by Gasteiger charge is 2.06. The summed E-state index contributed by atoms with van der Waals surface area (Å²) in [5, 5.41) is 15.1. The number of pyridine rings is 2. The molecule has 126 valence electrons. The summed E-state index contributed by atoms with van der Waals surface area (Å²) >= 11 is 0. The number of hydrogen-bond acceptors (Lipinski definition) is 4. The van der Waals surface area contributed by atoms with Gasteiger partial charge in [0.25, 0.3) is 0 Å². The zero-order valence-corrected chi connectivity index (χ0v) is 14.0. The quantitative estimate of drug-likeness (QED) is 0.425. The number of amidine groups is 2. The molecule has 25 heavy (non-hydrogen) atoms. The average molecular weight is 353 g/mol. The van der Waals surface area contributed by atoms with Gasteiger partial charge >= 0.3 is 0 Å². The van der Waals surface area contributed by atoms with Crippen LogP contribution in [0.1, 0.15) is 11.1 Å². The molecule has 2 aromatic heterocycles. The zero-order valence-electron chi connectivity index (χ0n) is 13.2. The molecule has 0 unspecified atom stereocenters. The van der Waals surface area contributed by atoms with E-state index < -0.39 is 0 Å². The Hall–Kier alpha value is -3.25. The van der Waals surface area contributed by atoms with E-state index in [-0.39, 0.29) is 24.1 Å². The van der Waals surface area contributed by atoms with Crippen molar-refractivity contribution in [2.75, 3.05) is 0 Å². The molecule has 0 aliphatic rings. The maximum Gasteiger partial charge on any atom is 0.124 e. The lowest BCUT2D eigenvalue weighted by atomic mass is 9.99. The van der Waals surface area contributed by atoms with Crippen LogP contribution in [0.4, 0.5) is 0 Å². The largest absolute Gasteiger partial charge is 0.384 e. The molecule has 0 spiro atoms. The van der Waals surface area contributed by atoms with Crippen molar-refractivity contribution in [1.29, 1.82) is 10.8 Å². The van der Waals surface area contributed by atoms with Gasteiger partial charge in [-0.2, -0.15) is 0 Å². The number of halogens is 1. The first-order valence-corrected chi connectivity index (χ1v) is 7.24. The fraction of sp³-hybridized carbons (Fsp3) is 0. The molecule has 3 rings (SSSR count). The highest BCUT2D eigenvalue weighted by Crippen LogP contribution is 2.26. The van der Waals surface area contributed by atoms with Crippen LogP contribution in [0.15, 0.2) is 61.2 Å². The van der Waals surface area contributed by atoms with Gasteiger partial charge in [-0.1, -0.05) is 18.2 Å². The van der Waals surface area contributed by atoms with Gasteiger partial charge < -0.3 is 11.5 Å². The Kier molecular flexibility index (Phi) is 5.46. The summed E-state index contributed by atoms with van der Waals surface area (Å²) in [6.07, 6.45) is 6.59. The van der Waals surface area contributed by atoms with Gasteiger partial charge in [-0.05, 0) is 29.3 Å². The molecule has 1 aromatic carbocycles. The summed E-state index contributed by atoms with van der Waals surface area (Å²) in [7, 11) is 0. The molecule has 0 aliphatic heterocycles. The first-order chi connectivity index (χ1) is 11.5. The molecule has 3 aromatic rings. The zero-order chi connectivity index (χ0) is 17.1. The molecule has 7 heteroatoms. The van der Waals surface area contributed by atoms with Crippen molar-refractivity contribution < 1.29 is 0 Å². The molecule has 0 radical (unpaired) electrons. The van der Waals surface area contributed by atoms with Crippen molar-refractivity contribution in [1.82, 2.24) is 9.97 Å². The molecule has 0 amide bonds. The first kappa shape index (κ1) is 18.1. The molecule has 2 heterocycles. The topological polar surface area (TPSA) is 126 Å². The number of nitrogens with zero attached hydrogens (tertiary/aromatic N) is 2. The summed E-state index contributed by atoms with van der Waals surface area (Å²) in [5.74, 6) is -0.0299. The van der Waals surface area contributed by atoms with Crippen LogP contribution in [0, 0.1) is 10.8 Å². The normalized spacial score (nSPS) is 9.92. The van der Waals surface area contributed by atoms with Crippen molar-refractivity contribution in [3.63, 3.8) is 0 Å². The van der Waals surface area contributed by atoms with E-state index in [9.17, 15) is 0 Å². The monoisotopic (exact) mass is 352 g/mol. The minimum absolute atomic E-state index is 0. The second kappa shape index (κ2) is 7.55. The number of nitrogens with two attached hydrogens (primary N) is 2. The number of nitrogens with one attached hydrogen (secondary N) is 2. The Balaban J connectivity index is 0.00000225. The van der Waals surface area contributed by atoms with E-state index in [1.165, 1.54) is 0 Å². The molecule has 0 bridgehead atoms. The fourth-order valence-electron chi connectivity index (χ4n) is 2.37. The van der Waals surface area contributed by atoms with Gasteiger partial charge in [-0.15, -0.1) is 12.4 Å². The Bertz CT molecular complexity index is 865. The minimum Gasteiger partial charge on any atom is -0.384 e. The Morgan fingerprint density at radius 1 is 0.680 bits per heavy atom. The van der Waals surface area contributed by atoms with E-state index in [1.54, 1.807) is 24.8 Å². The summed E-state index contributed by atoms with van der Waals surface area (Å²) in [6.45, 7) is 0. The highest BCUT2D eigenvalue weighted by atomic mass is 35.5. The predicted molar refractivity (Wildman–Crippen MR) is 102 cm³/mol. The van der Waals surface area contributed by atoms with E-state index in [1.807, 2.05) is 36.4 Å². The van der Waals surface area contributed by atoms with Crippen molar-refractivity contribution in [2.24, 2.45) is 11.5 Å². The summed E-state index contributed by atoms with van der Waals surface area (Å²) in [5.41, 5.74) is 15.9. The van der Waals surface area contributed by atoms with Gasteiger partial charge in [0.05, 0.1) is 0 Å². The Labute approximate surface area is 151 Å². The van der Waals surface area contributed by atoms with E-state index in [4.69, 9.17) is 22.3 Å². The van der Waals surface area contributed by atoms with Crippen molar-refractivity contribution in [2.45, 2.75) is 0 Å². The molecular weight excluding hydrogens is 336 g/mol. The van der Waals surface area contributed by atoms with Crippen LogP contribution in [0.2, 0.25) is 0 Å². The second-order valence-corrected chi connectivity index (χ2v) is 5.33. The van der Waals surface area contributed by atoms with E-state index in [0.717, 1.165) is 22.3 Å². The Morgan fingerprint density at radius 2 is 1.12 bits per heavy atom. The van der Waals surface area contributed by atoms with Crippen molar-refractivity contribution in [3.8, 4) is 22.3 Å². The molecule has 6 N–H and O–H groups in total. The van der Waals surface area contributed by atoms with Crippen molar-refractivity contribution >= 4 is 24.1 Å². The molecular formula is C18H17ClN6. The molecule has 0 aliphatic carbocycles. The van der Waals surface area contributed by atoms with E-state index >= 15 is 0 Å². The third-order valence-electron chi connectivity index (χ3n) is 3.63. The molecule has 0 saturated carbocycles. The van der Waals surface area contributed by atoms with Crippen LogP contribution in [0.5, 0.6) is 0 Å². The van der Waals surface area contributed by atoms with Crippen LogP contribution in [0.3, 0.4) is 0 Å². The maximum atomic E-state index is 7.53. The van der Waals surface area contributed by atoms with Crippen LogP contribution in [0.25, 0.3) is 22.3 Å². The number of rotatable bonds is 4. The summed E-state index contributed by atoms with van der Waals surface area (Å²) < 4.78 is 0. The number of benzene rings is 1. The van der Waals surface area contributed by atoms with Crippen LogP contribution in [-0.2, 0) is 0 Å². The first-order valence-electron chi connectivity index (χ1n) is 7.24. The minimum atomic E-state index is -0.0149. The van der Waals surface area contributed by atoms with Gasteiger partial charge in [-0.3, -0.25) is 20.8 Å². The second-order valence-electron chi connectivity index (χ2n) is 5.33. The smallest absolute Gasteiger partial charge is 0.124 e. The van der Waals surface area contributed by atoms with Crippen molar-refractivity contribution in [3.05, 3.63) is 72.3 Å². The molecule has 0 saturated heterocycles. The maximum absolute atomic E-state index is 7.53. The summed E-state index contributed by atoms with van der Waals surface area (Å²) in [6, 6.07) is 11.5. The lowest BCUT2D eigenvalue weighted by molar-refractivity contribution is 1.29. The van der Waals surface area contributed by atoms with Gasteiger partial charge in [-0.25, -0.2) is 0 Å². The standard InChI is InChI=1S/C18H16N6.ClH/c19-17(20)15-5-13(7-23-9-15)11-2-1-3-12(4-11)14-6-16(18(21)22)10-24-8-14;/h1-10H,(H3,19,20)(H3,21,22);1H. The third-order valence-corrected chi connectivity index (χ3v) is 3.63. The van der Waals surface area contributed by atoms with Crippen LogP contribution in [-0.4, -0.2) is 21.6 Å². The molecule has 6 nitrogen and oxygen atoms in total. The van der Waals surface area contributed by atoms with Gasteiger partial charge in [0.1, 0.15) is 11.7 Å². The lowest BCUT2D eigenvalue weighted by Crippen LogP contribution is -2.11. The van der Waals surface area contributed by atoms with E-state index in [0.29, 0.717) is 11.1 Å². The number of hydrogen-bond donors (Lipinski definition) is 4. The average Bonchev–Trinajstić information content (AvgIpc) is 2.62. The van der Waals surface area contributed by atoms with Crippen LogP contribution >= 0.6 is 12.4 Å².